The number of aromatic carboxylic acids is 1. The summed E-state index contributed by atoms with van der Waals surface area (Å²) in [6.07, 6.45) is -3.06. The zero-order valence-electron chi connectivity index (χ0n) is 13.8. The van der Waals surface area contributed by atoms with Crippen LogP contribution in [0.2, 0.25) is 0 Å². The van der Waals surface area contributed by atoms with Crippen molar-refractivity contribution < 1.29 is 23.1 Å². The van der Waals surface area contributed by atoms with Gasteiger partial charge in [-0.1, -0.05) is 30.3 Å². The summed E-state index contributed by atoms with van der Waals surface area (Å²) in [4.78, 5) is 10.8. The molecule has 0 heterocycles. The first-order valence-electron chi connectivity index (χ1n) is 7.97. The SMILES string of the molecule is CC(CCc1cccc(C(F)(F)F)c1)NCc1ccc(C(=O)O)cc1. The van der Waals surface area contributed by atoms with E-state index in [9.17, 15) is 18.0 Å². The van der Waals surface area contributed by atoms with Crippen molar-refractivity contribution in [3.63, 3.8) is 0 Å². The van der Waals surface area contributed by atoms with E-state index >= 15 is 0 Å². The van der Waals surface area contributed by atoms with Crippen LogP contribution in [0.1, 0.15) is 40.4 Å². The molecular weight excluding hydrogens is 331 g/mol. The first-order valence-corrected chi connectivity index (χ1v) is 7.97. The van der Waals surface area contributed by atoms with Gasteiger partial charge in [0, 0.05) is 12.6 Å². The van der Waals surface area contributed by atoms with Crippen molar-refractivity contribution in [2.75, 3.05) is 0 Å². The van der Waals surface area contributed by atoms with Crippen LogP contribution >= 0.6 is 0 Å². The second kappa shape index (κ2) is 8.16. The number of hydrogen-bond donors (Lipinski definition) is 2. The molecular formula is C19H20F3NO2. The zero-order chi connectivity index (χ0) is 18.4. The number of halogens is 3. The average molecular weight is 351 g/mol. The van der Waals surface area contributed by atoms with Crippen LogP contribution in [0.25, 0.3) is 0 Å². The first kappa shape index (κ1) is 19.0. The first-order chi connectivity index (χ1) is 11.8. The van der Waals surface area contributed by atoms with E-state index in [1.807, 2.05) is 6.92 Å². The Morgan fingerprint density at radius 1 is 1.12 bits per heavy atom. The van der Waals surface area contributed by atoms with Gasteiger partial charge >= 0.3 is 12.1 Å². The summed E-state index contributed by atoms with van der Waals surface area (Å²) in [5.74, 6) is -0.964. The van der Waals surface area contributed by atoms with E-state index in [0.29, 0.717) is 24.9 Å². The van der Waals surface area contributed by atoms with E-state index in [0.717, 1.165) is 11.6 Å². The van der Waals surface area contributed by atoms with Gasteiger partial charge < -0.3 is 10.4 Å². The van der Waals surface area contributed by atoms with Gasteiger partial charge in [0.2, 0.25) is 0 Å². The molecule has 0 aliphatic rings. The quantitative estimate of drug-likeness (QED) is 0.771. The molecule has 0 amide bonds. The zero-order valence-corrected chi connectivity index (χ0v) is 13.8. The Kier molecular flexibility index (Phi) is 6.20. The topological polar surface area (TPSA) is 49.3 Å². The number of alkyl halides is 3. The third kappa shape index (κ3) is 5.90. The maximum atomic E-state index is 12.7. The predicted octanol–water partition coefficient (Wildman–Crippen LogP) is 4.51. The highest BCUT2D eigenvalue weighted by molar-refractivity contribution is 5.87. The minimum Gasteiger partial charge on any atom is -0.478 e. The Balaban J connectivity index is 1.82. The molecule has 2 rings (SSSR count). The Hall–Kier alpha value is -2.34. The lowest BCUT2D eigenvalue weighted by atomic mass is 10.0. The van der Waals surface area contributed by atoms with E-state index in [1.54, 1.807) is 30.3 Å². The summed E-state index contributed by atoms with van der Waals surface area (Å²) in [7, 11) is 0. The fourth-order valence-corrected chi connectivity index (χ4v) is 2.45. The van der Waals surface area contributed by atoms with E-state index in [-0.39, 0.29) is 11.6 Å². The molecule has 3 nitrogen and oxygen atoms in total. The number of carboxylic acid groups (broad SMARTS) is 1. The van der Waals surface area contributed by atoms with Crippen molar-refractivity contribution in [3.05, 3.63) is 70.8 Å². The molecule has 1 unspecified atom stereocenters. The molecule has 1 atom stereocenters. The van der Waals surface area contributed by atoms with Gasteiger partial charge in [-0.2, -0.15) is 13.2 Å². The van der Waals surface area contributed by atoms with E-state index in [2.05, 4.69) is 5.32 Å². The van der Waals surface area contributed by atoms with Gasteiger partial charge in [-0.25, -0.2) is 4.79 Å². The lowest BCUT2D eigenvalue weighted by molar-refractivity contribution is -0.137. The molecule has 0 aliphatic carbocycles. The van der Waals surface area contributed by atoms with Crippen LogP contribution in [-0.4, -0.2) is 17.1 Å². The molecule has 2 aromatic carbocycles. The Bertz CT molecular complexity index is 711. The third-order valence-electron chi connectivity index (χ3n) is 3.98. The van der Waals surface area contributed by atoms with Crippen LogP contribution in [0.15, 0.2) is 48.5 Å². The summed E-state index contributed by atoms with van der Waals surface area (Å²) < 4.78 is 38.1. The molecule has 6 heteroatoms. The molecule has 0 saturated heterocycles. The number of nitrogens with one attached hydrogen (secondary N) is 1. The molecule has 25 heavy (non-hydrogen) atoms. The number of rotatable bonds is 7. The van der Waals surface area contributed by atoms with Gasteiger partial charge in [-0.15, -0.1) is 0 Å². The molecule has 134 valence electrons. The minimum atomic E-state index is -4.32. The molecule has 0 radical (unpaired) electrons. The highest BCUT2D eigenvalue weighted by atomic mass is 19.4. The summed E-state index contributed by atoms with van der Waals surface area (Å²) in [5.41, 5.74) is 1.23. The maximum Gasteiger partial charge on any atom is 0.416 e. The molecule has 0 bridgehead atoms. The number of hydrogen-bond acceptors (Lipinski definition) is 2. The van der Waals surface area contributed by atoms with Crippen molar-refractivity contribution in [1.82, 2.24) is 5.32 Å². The molecule has 0 saturated carbocycles. The molecule has 0 aromatic heterocycles. The fourth-order valence-electron chi connectivity index (χ4n) is 2.45. The van der Waals surface area contributed by atoms with Crippen LogP contribution in [0.4, 0.5) is 13.2 Å². The normalized spacial score (nSPS) is 12.8. The third-order valence-corrected chi connectivity index (χ3v) is 3.98. The molecule has 2 N–H and O–H groups in total. The van der Waals surface area contributed by atoms with Gasteiger partial charge in [-0.05, 0) is 49.1 Å². The van der Waals surface area contributed by atoms with E-state index < -0.39 is 17.7 Å². The lowest BCUT2D eigenvalue weighted by Crippen LogP contribution is -2.26. The van der Waals surface area contributed by atoms with Crippen LogP contribution in [0.5, 0.6) is 0 Å². The number of aryl methyl sites for hydroxylation is 1. The van der Waals surface area contributed by atoms with Crippen molar-refractivity contribution in [1.29, 1.82) is 0 Å². The highest BCUT2D eigenvalue weighted by Crippen LogP contribution is 2.29. The number of benzene rings is 2. The van der Waals surface area contributed by atoms with Crippen LogP contribution < -0.4 is 5.32 Å². The lowest BCUT2D eigenvalue weighted by Gasteiger charge is -2.15. The standard InChI is InChI=1S/C19H20F3NO2/c1-13(23-12-15-7-9-16(10-8-15)18(24)25)5-6-14-3-2-4-17(11-14)19(20,21)22/h2-4,7-11,13,23H,5-6,12H2,1H3,(H,24,25). The maximum absolute atomic E-state index is 12.7. The average Bonchev–Trinajstić information content (AvgIpc) is 2.58. The summed E-state index contributed by atoms with van der Waals surface area (Å²) in [6, 6.07) is 12.1. The van der Waals surface area contributed by atoms with Crippen LogP contribution in [0, 0.1) is 0 Å². The second-order valence-corrected chi connectivity index (χ2v) is 6.02. The predicted molar refractivity (Wildman–Crippen MR) is 89.5 cm³/mol. The Morgan fingerprint density at radius 2 is 1.80 bits per heavy atom. The monoisotopic (exact) mass is 351 g/mol. The second-order valence-electron chi connectivity index (χ2n) is 6.02. The van der Waals surface area contributed by atoms with E-state index in [4.69, 9.17) is 5.11 Å². The Labute approximate surface area is 144 Å². The van der Waals surface area contributed by atoms with Gasteiger partial charge in [0.25, 0.3) is 0 Å². The number of carboxylic acids is 1. The van der Waals surface area contributed by atoms with Crippen LogP contribution in [0.3, 0.4) is 0 Å². The van der Waals surface area contributed by atoms with Crippen molar-refractivity contribution >= 4 is 5.97 Å². The molecule has 0 spiro atoms. The molecule has 2 aromatic rings. The summed E-state index contributed by atoms with van der Waals surface area (Å²) in [6.45, 7) is 2.54. The minimum absolute atomic E-state index is 0.119. The molecule has 0 fully saturated rings. The van der Waals surface area contributed by atoms with Crippen molar-refractivity contribution in [2.24, 2.45) is 0 Å². The smallest absolute Gasteiger partial charge is 0.416 e. The van der Waals surface area contributed by atoms with Gasteiger partial charge in [0.15, 0.2) is 0 Å². The van der Waals surface area contributed by atoms with Crippen molar-refractivity contribution in [3.8, 4) is 0 Å². The van der Waals surface area contributed by atoms with Gasteiger partial charge in [0.05, 0.1) is 11.1 Å². The Morgan fingerprint density at radius 3 is 2.40 bits per heavy atom. The molecule has 0 aliphatic heterocycles. The summed E-state index contributed by atoms with van der Waals surface area (Å²) in [5, 5.41) is 12.1. The highest BCUT2D eigenvalue weighted by Gasteiger charge is 2.30. The van der Waals surface area contributed by atoms with Gasteiger partial charge in [-0.3, -0.25) is 0 Å². The van der Waals surface area contributed by atoms with E-state index in [1.165, 1.54) is 12.1 Å². The number of carbonyl (C=O) groups is 1. The summed E-state index contributed by atoms with van der Waals surface area (Å²) >= 11 is 0. The largest absolute Gasteiger partial charge is 0.478 e. The van der Waals surface area contributed by atoms with Crippen molar-refractivity contribution in [2.45, 2.75) is 38.5 Å². The fraction of sp³-hybridized carbons (Fsp3) is 0.316. The van der Waals surface area contributed by atoms with Gasteiger partial charge in [0.1, 0.15) is 0 Å². The van der Waals surface area contributed by atoms with Crippen LogP contribution in [-0.2, 0) is 19.1 Å².